The lowest BCUT2D eigenvalue weighted by Gasteiger charge is -2.34. The molecule has 0 bridgehead atoms. The summed E-state index contributed by atoms with van der Waals surface area (Å²) in [6, 6.07) is 10.1. The van der Waals surface area contributed by atoms with Gasteiger partial charge in [0, 0.05) is 43.5 Å². The minimum absolute atomic E-state index is 0.0317. The van der Waals surface area contributed by atoms with Crippen molar-refractivity contribution in [2.24, 2.45) is 5.41 Å². The molecule has 6 nitrogen and oxygen atoms in total. The quantitative estimate of drug-likeness (QED) is 0.432. The second-order valence-electron chi connectivity index (χ2n) is 9.15. The van der Waals surface area contributed by atoms with Crippen LogP contribution >= 0.6 is 22.9 Å². The van der Waals surface area contributed by atoms with Crippen LogP contribution in [0, 0.1) is 11.2 Å². The Kier molecular flexibility index (Phi) is 9.88. The van der Waals surface area contributed by atoms with Gasteiger partial charge in [-0.2, -0.15) is 0 Å². The predicted molar refractivity (Wildman–Crippen MR) is 133 cm³/mol. The first-order valence-corrected chi connectivity index (χ1v) is 12.9. The molecule has 0 radical (unpaired) electrons. The van der Waals surface area contributed by atoms with Gasteiger partial charge >= 0.3 is 0 Å². The highest BCUT2D eigenvalue weighted by molar-refractivity contribution is 7.09. The molecule has 9 heteroatoms. The van der Waals surface area contributed by atoms with E-state index in [0.29, 0.717) is 39.4 Å². The summed E-state index contributed by atoms with van der Waals surface area (Å²) >= 11 is 7.67. The van der Waals surface area contributed by atoms with E-state index in [1.807, 2.05) is 17.5 Å². The van der Waals surface area contributed by atoms with E-state index in [9.17, 15) is 14.0 Å². The number of ether oxygens (including phenoxy) is 1. The number of rotatable bonds is 11. The van der Waals surface area contributed by atoms with Gasteiger partial charge in [-0.25, -0.2) is 4.39 Å². The summed E-state index contributed by atoms with van der Waals surface area (Å²) in [6.07, 6.45) is 0. The van der Waals surface area contributed by atoms with E-state index in [4.69, 9.17) is 16.3 Å². The number of halogens is 2. The van der Waals surface area contributed by atoms with Crippen molar-refractivity contribution in [1.29, 1.82) is 0 Å². The van der Waals surface area contributed by atoms with Crippen LogP contribution in [0.4, 0.5) is 4.39 Å². The maximum Gasteiger partial charge on any atom is 0.242 e. The number of thiophene rings is 1. The number of hydrogen-bond donors (Lipinski definition) is 0. The summed E-state index contributed by atoms with van der Waals surface area (Å²) in [5.41, 5.74) is 0.0566. The molecule has 0 unspecified atom stereocenters. The Hall–Kier alpha value is -2.00. The van der Waals surface area contributed by atoms with Crippen molar-refractivity contribution in [2.75, 3.05) is 51.8 Å². The van der Waals surface area contributed by atoms with Crippen LogP contribution in [0.3, 0.4) is 0 Å². The zero-order valence-electron chi connectivity index (χ0n) is 19.8. The first kappa shape index (κ1) is 26.6. The van der Waals surface area contributed by atoms with E-state index < -0.39 is 5.41 Å². The summed E-state index contributed by atoms with van der Waals surface area (Å²) < 4.78 is 18.8. The number of alkyl halides is 1. The molecule has 0 N–H and O–H groups in total. The number of benzene rings is 1. The smallest absolute Gasteiger partial charge is 0.242 e. The van der Waals surface area contributed by atoms with Gasteiger partial charge < -0.3 is 14.5 Å². The predicted octanol–water partition coefficient (Wildman–Crippen LogP) is 3.84. The maximum absolute atomic E-state index is 13.5. The molecule has 1 aromatic carbocycles. The van der Waals surface area contributed by atoms with Crippen molar-refractivity contribution in [3.05, 3.63) is 58.0 Å². The van der Waals surface area contributed by atoms with Gasteiger partial charge in [0.15, 0.2) is 0 Å². The topological polar surface area (TPSA) is 53.1 Å². The van der Waals surface area contributed by atoms with E-state index in [1.54, 1.807) is 47.1 Å². The lowest BCUT2D eigenvalue weighted by atomic mass is 9.94. The highest BCUT2D eigenvalue weighted by Crippen LogP contribution is 2.22. The number of morpholine rings is 1. The van der Waals surface area contributed by atoms with Gasteiger partial charge in [-0.1, -0.05) is 18.2 Å². The molecule has 186 valence electrons. The van der Waals surface area contributed by atoms with Crippen molar-refractivity contribution < 1.29 is 18.7 Å². The van der Waals surface area contributed by atoms with Crippen molar-refractivity contribution in [1.82, 2.24) is 14.7 Å². The van der Waals surface area contributed by atoms with Gasteiger partial charge in [-0.15, -0.1) is 22.9 Å². The first-order valence-electron chi connectivity index (χ1n) is 11.5. The Morgan fingerprint density at radius 1 is 1.12 bits per heavy atom. The standard InChI is InChI=1S/C25H33ClFN3O3S/c1-25(2,19-26)24(32)29(10-9-28-11-13-33-14-12-28)18-23(31)30(17-22-4-3-15-34-22)16-20-5-7-21(27)8-6-20/h3-8,15H,9-14,16-19H2,1-2H3. The van der Waals surface area contributed by atoms with Crippen LogP contribution in [0.2, 0.25) is 0 Å². The van der Waals surface area contributed by atoms with Crippen molar-refractivity contribution in [3.63, 3.8) is 0 Å². The Morgan fingerprint density at radius 2 is 1.82 bits per heavy atom. The molecule has 2 aromatic rings. The summed E-state index contributed by atoms with van der Waals surface area (Å²) in [5.74, 6) is -0.439. The number of hydrogen-bond acceptors (Lipinski definition) is 5. The molecule has 1 aliphatic rings. The van der Waals surface area contributed by atoms with Gasteiger partial charge in [0.05, 0.1) is 31.7 Å². The van der Waals surface area contributed by atoms with E-state index >= 15 is 0 Å². The van der Waals surface area contributed by atoms with Crippen LogP contribution in [-0.4, -0.2) is 78.3 Å². The Bertz CT molecular complexity index is 918. The normalized spacial score (nSPS) is 14.7. The molecule has 3 rings (SSSR count). The largest absolute Gasteiger partial charge is 0.379 e. The molecule has 0 atom stereocenters. The highest BCUT2D eigenvalue weighted by atomic mass is 35.5. The number of carbonyl (C=O) groups is 2. The fraction of sp³-hybridized carbons (Fsp3) is 0.520. The van der Waals surface area contributed by atoms with Crippen molar-refractivity contribution in [2.45, 2.75) is 26.9 Å². The first-order chi connectivity index (χ1) is 16.3. The molecular formula is C25H33ClFN3O3S. The summed E-state index contributed by atoms with van der Waals surface area (Å²) in [4.78, 5) is 33.5. The lowest BCUT2D eigenvalue weighted by molar-refractivity contribution is -0.146. The monoisotopic (exact) mass is 509 g/mol. The molecule has 1 saturated heterocycles. The highest BCUT2D eigenvalue weighted by Gasteiger charge is 2.33. The van der Waals surface area contributed by atoms with Crippen LogP contribution in [0.15, 0.2) is 41.8 Å². The van der Waals surface area contributed by atoms with Crippen LogP contribution in [0.1, 0.15) is 24.3 Å². The van der Waals surface area contributed by atoms with Crippen molar-refractivity contribution in [3.8, 4) is 0 Å². The van der Waals surface area contributed by atoms with Gasteiger partial charge in [0.25, 0.3) is 0 Å². The van der Waals surface area contributed by atoms with E-state index in [2.05, 4.69) is 4.90 Å². The second-order valence-corrected chi connectivity index (χ2v) is 10.5. The summed E-state index contributed by atoms with van der Waals surface area (Å²) in [6.45, 7) is 8.41. The molecule has 0 aliphatic carbocycles. The maximum atomic E-state index is 13.5. The lowest BCUT2D eigenvalue weighted by Crippen LogP contribution is -2.50. The minimum atomic E-state index is -0.775. The summed E-state index contributed by atoms with van der Waals surface area (Å²) in [5, 5.41) is 1.97. The van der Waals surface area contributed by atoms with E-state index in [-0.39, 0.29) is 30.1 Å². The molecule has 2 amide bonds. The zero-order valence-corrected chi connectivity index (χ0v) is 21.4. The number of amides is 2. The third kappa shape index (κ3) is 7.77. The average Bonchev–Trinajstić information content (AvgIpc) is 3.36. The second kappa shape index (κ2) is 12.6. The SMILES string of the molecule is CC(C)(CCl)C(=O)N(CCN1CCOCC1)CC(=O)N(Cc1ccc(F)cc1)Cc1cccs1. The van der Waals surface area contributed by atoms with Crippen LogP contribution in [0.25, 0.3) is 0 Å². The number of nitrogens with zero attached hydrogens (tertiary/aromatic N) is 3. The zero-order chi connectivity index (χ0) is 24.6. The molecule has 1 fully saturated rings. The third-order valence-electron chi connectivity index (χ3n) is 5.88. The van der Waals surface area contributed by atoms with Gasteiger partial charge in [-0.3, -0.25) is 14.5 Å². The molecule has 2 heterocycles. The fourth-order valence-electron chi connectivity index (χ4n) is 3.72. The molecule has 0 saturated carbocycles. The molecule has 0 spiro atoms. The van der Waals surface area contributed by atoms with E-state index in [0.717, 1.165) is 23.5 Å². The Labute approximate surface area is 210 Å². The molecule has 1 aliphatic heterocycles. The van der Waals surface area contributed by atoms with E-state index in [1.165, 1.54) is 12.1 Å². The minimum Gasteiger partial charge on any atom is -0.379 e. The Balaban J connectivity index is 1.75. The van der Waals surface area contributed by atoms with Crippen LogP contribution in [-0.2, 0) is 27.4 Å². The molecule has 34 heavy (non-hydrogen) atoms. The van der Waals surface area contributed by atoms with Gasteiger partial charge in [0.1, 0.15) is 5.82 Å². The third-order valence-corrected chi connectivity index (χ3v) is 7.41. The van der Waals surface area contributed by atoms with Crippen LogP contribution in [0.5, 0.6) is 0 Å². The summed E-state index contributed by atoms with van der Waals surface area (Å²) in [7, 11) is 0. The van der Waals surface area contributed by atoms with Gasteiger partial charge in [0.2, 0.25) is 11.8 Å². The molecular weight excluding hydrogens is 477 g/mol. The fourth-order valence-corrected chi connectivity index (χ4v) is 4.55. The average molecular weight is 510 g/mol. The van der Waals surface area contributed by atoms with Crippen molar-refractivity contribution >= 4 is 34.8 Å². The van der Waals surface area contributed by atoms with Crippen LogP contribution < -0.4 is 0 Å². The Morgan fingerprint density at radius 3 is 2.44 bits per heavy atom. The van der Waals surface area contributed by atoms with Gasteiger partial charge in [-0.05, 0) is 43.0 Å². The molecule has 1 aromatic heterocycles. The number of carbonyl (C=O) groups excluding carboxylic acids is 2.